The fourth-order valence-electron chi connectivity index (χ4n) is 3.49. The molecule has 1 fully saturated rings. The van der Waals surface area contributed by atoms with Gasteiger partial charge in [-0.15, -0.1) is 0 Å². The first-order chi connectivity index (χ1) is 14.0. The van der Waals surface area contributed by atoms with Crippen LogP contribution in [-0.4, -0.2) is 40.6 Å². The molecule has 0 unspecified atom stereocenters. The van der Waals surface area contributed by atoms with Gasteiger partial charge < -0.3 is 15.4 Å². The highest BCUT2D eigenvalue weighted by molar-refractivity contribution is 5.93. The molecule has 7 nitrogen and oxygen atoms in total. The monoisotopic (exact) mass is 389 g/mol. The summed E-state index contributed by atoms with van der Waals surface area (Å²) in [4.78, 5) is 27.0. The lowest BCUT2D eigenvalue weighted by atomic mass is 10.0. The number of anilines is 1. The van der Waals surface area contributed by atoms with E-state index in [9.17, 15) is 4.79 Å². The summed E-state index contributed by atoms with van der Waals surface area (Å²) in [5, 5.41) is 0. The quantitative estimate of drug-likeness (QED) is 0.737. The van der Waals surface area contributed by atoms with Crippen LogP contribution in [0.5, 0.6) is 0 Å². The minimum atomic E-state index is -0.432. The number of aryl methyl sites for hydroxylation is 2. The van der Waals surface area contributed by atoms with Crippen LogP contribution in [0.3, 0.4) is 0 Å². The van der Waals surface area contributed by atoms with E-state index in [0.29, 0.717) is 18.7 Å². The Hall–Kier alpha value is -3.32. The van der Waals surface area contributed by atoms with Crippen molar-refractivity contribution in [3.05, 3.63) is 71.4 Å². The molecule has 4 rings (SSSR count). The van der Waals surface area contributed by atoms with Gasteiger partial charge in [0.2, 0.25) is 5.91 Å². The van der Waals surface area contributed by atoms with E-state index in [4.69, 9.17) is 10.5 Å². The third kappa shape index (κ3) is 4.25. The van der Waals surface area contributed by atoms with Crippen molar-refractivity contribution in [1.29, 1.82) is 0 Å². The number of pyridine rings is 1. The van der Waals surface area contributed by atoms with E-state index >= 15 is 0 Å². The number of rotatable bonds is 4. The SMILES string of the molecule is Cc1cc(N2CCO[C@@H](c3ccc(-c4ccc(C(N)=O)cc4)cn3)C2)nc(C)n1. The highest BCUT2D eigenvalue weighted by atomic mass is 16.5. The second-order valence-electron chi connectivity index (χ2n) is 7.13. The molecule has 3 heterocycles. The lowest BCUT2D eigenvalue weighted by molar-refractivity contribution is 0.0367. The lowest BCUT2D eigenvalue weighted by Crippen LogP contribution is -2.39. The first-order valence-corrected chi connectivity index (χ1v) is 9.54. The minimum Gasteiger partial charge on any atom is -0.368 e. The van der Waals surface area contributed by atoms with Crippen LogP contribution in [0.25, 0.3) is 11.1 Å². The molecule has 0 bridgehead atoms. The molecule has 7 heteroatoms. The maximum absolute atomic E-state index is 11.2. The zero-order valence-corrected chi connectivity index (χ0v) is 16.5. The second-order valence-corrected chi connectivity index (χ2v) is 7.13. The van der Waals surface area contributed by atoms with Gasteiger partial charge in [0.15, 0.2) is 0 Å². The molecular formula is C22H23N5O2. The molecule has 0 aliphatic carbocycles. The third-order valence-electron chi connectivity index (χ3n) is 4.96. The van der Waals surface area contributed by atoms with E-state index in [1.165, 1.54) is 0 Å². The summed E-state index contributed by atoms with van der Waals surface area (Å²) in [6, 6.07) is 13.2. The van der Waals surface area contributed by atoms with Crippen molar-refractivity contribution >= 4 is 11.7 Å². The number of nitrogens with zero attached hydrogens (tertiary/aromatic N) is 4. The van der Waals surface area contributed by atoms with Gasteiger partial charge in [-0.3, -0.25) is 9.78 Å². The Labute approximate surface area is 169 Å². The molecule has 3 aromatic rings. The first-order valence-electron chi connectivity index (χ1n) is 9.54. The molecule has 0 radical (unpaired) electrons. The van der Waals surface area contributed by atoms with Gasteiger partial charge in [0.1, 0.15) is 17.7 Å². The van der Waals surface area contributed by atoms with Crippen LogP contribution in [0.4, 0.5) is 5.82 Å². The molecular weight excluding hydrogens is 366 g/mol. The van der Waals surface area contributed by atoms with Crippen LogP contribution in [0.1, 0.15) is 33.7 Å². The Balaban J connectivity index is 1.50. The van der Waals surface area contributed by atoms with Gasteiger partial charge in [-0.05, 0) is 37.6 Å². The number of nitrogens with two attached hydrogens (primary N) is 1. The summed E-state index contributed by atoms with van der Waals surface area (Å²) in [6.07, 6.45) is 1.71. The number of hydrogen-bond acceptors (Lipinski definition) is 6. The number of carbonyl (C=O) groups is 1. The van der Waals surface area contributed by atoms with Gasteiger partial charge in [0.05, 0.1) is 18.8 Å². The molecule has 1 saturated heterocycles. The predicted molar refractivity (Wildman–Crippen MR) is 111 cm³/mol. The van der Waals surface area contributed by atoms with Crippen LogP contribution >= 0.6 is 0 Å². The summed E-state index contributed by atoms with van der Waals surface area (Å²) in [5.41, 5.74) is 9.58. The Kier molecular flexibility index (Phi) is 5.22. The highest BCUT2D eigenvalue weighted by Gasteiger charge is 2.24. The Morgan fingerprint density at radius 3 is 2.52 bits per heavy atom. The van der Waals surface area contributed by atoms with Crippen LogP contribution in [0.15, 0.2) is 48.7 Å². The fraction of sp³-hybridized carbons (Fsp3) is 0.273. The zero-order chi connectivity index (χ0) is 20.4. The number of benzene rings is 1. The molecule has 1 aromatic carbocycles. The zero-order valence-electron chi connectivity index (χ0n) is 16.5. The summed E-state index contributed by atoms with van der Waals surface area (Å²) in [5.74, 6) is 1.26. The molecule has 148 valence electrons. The predicted octanol–water partition coefficient (Wildman–Crippen LogP) is 2.83. The summed E-state index contributed by atoms with van der Waals surface area (Å²) in [7, 11) is 0. The molecule has 0 spiro atoms. The van der Waals surface area contributed by atoms with Crippen LogP contribution < -0.4 is 10.6 Å². The smallest absolute Gasteiger partial charge is 0.248 e. The molecule has 1 amide bonds. The Morgan fingerprint density at radius 2 is 1.86 bits per heavy atom. The third-order valence-corrected chi connectivity index (χ3v) is 4.96. The Bertz CT molecular complexity index is 998. The van der Waals surface area contributed by atoms with E-state index in [2.05, 4.69) is 19.9 Å². The fourth-order valence-corrected chi connectivity index (χ4v) is 3.49. The largest absolute Gasteiger partial charge is 0.368 e. The van der Waals surface area contributed by atoms with Gasteiger partial charge in [-0.2, -0.15) is 0 Å². The molecule has 1 aliphatic heterocycles. The number of morpholine rings is 1. The molecule has 1 atom stereocenters. The number of hydrogen-bond donors (Lipinski definition) is 1. The average Bonchev–Trinajstić information content (AvgIpc) is 2.73. The summed E-state index contributed by atoms with van der Waals surface area (Å²) >= 11 is 0. The highest BCUT2D eigenvalue weighted by Crippen LogP contribution is 2.26. The number of carbonyl (C=O) groups excluding carboxylic acids is 1. The van der Waals surface area contributed by atoms with Gasteiger partial charge in [-0.25, -0.2) is 9.97 Å². The first kappa shape index (κ1) is 19.0. The van der Waals surface area contributed by atoms with Crippen LogP contribution in [-0.2, 0) is 4.74 Å². The molecule has 0 saturated carbocycles. The van der Waals surface area contributed by atoms with Crippen molar-refractivity contribution < 1.29 is 9.53 Å². The maximum Gasteiger partial charge on any atom is 0.248 e. The minimum absolute atomic E-state index is 0.120. The van der Waals surface area contributed by atoms with Crippen molar-refractivity contribution in [2.75, 3.05) is 24.6 Å². The van der Waals surface area contributed by atoms with Gasteiger partial charge in [-0.1, -0.05) is 18.2 Å². The standard InChI is InChI=1S/C22H23N5O2/c1-14-11-21(26-15(2)25-14)27-9-10-29-20(13-27)19-8-7-18(12-24-19)16-3-5-17(6-4-16)22(23)28/h3-8,11-12,20H,9-10,13H2,1-2H3,(H2,23,28)/t20-/m1/s1. The number of primary amides is 1. The van der Waals surface area contributed by atoms with Gasteiger partial charge in [0.25, 0.3) is 0 Å². The molecule has 1 aliphatic rings. The normalized spacial score (nSPS) is 16.6. The summed E-state index contributed by atoms with van der Waals surface area (Å²) in [6.45, 7) is 5.98. The van der Waals surface area contributed by atoms with Gasteiger partial charge in [0, 0.05) is 35.6 Å². The second kappa shape index (κ2) is 7.97. The lowest BCUT2D eigenvalue weighted by Gasteiger charge is -2.33. The number of ether oxygens (including phenoxy) is 1. The van der Waals surface area contributed by atoms with E-state index in [1.807, 2.05) is 50.4 Å². The molecule has 2 N–H and O–H groups in total. The van der Waals surface area contributed by atoms with E-state index in [1.54, 1.807) is 12.1 Å². The van der Waals surface area contributed by atoms with Crippen molar-refractivity contribution in [3.63, 3.8) is 0 Å². The average molecular weight is 389 g/mol. The van der Waals surface area contributed by atoms with E-state index in [0.717, 1.165) is 40.7 Å². The van der Waals surface area contributed by atoms with E-state index in [-0.39, 0.29) is 6.10 Å². The van der Waals surface area contributed by atoms with Crippen molar-refractivity contribution in [1.82, 2.24) is 15.0 Å². The number of amides is 1. The Morgan fingerprint density at radius 1 is 1.10 bits per heavy atom. The maximum atomic E-state index is 11.2. The molecule has 2 aromatic heterocycles. The van der Waals surface area contributed by atoms with Gasteiger partial charge >= 0.3 is 0 Å². The topological polar surface area (TPSA) is 94.2 Å². The van der Waals surface area contributed by atoms with E-state index < -0.39 is 5.91 Å². The van der Waals surface area contributed by atoms with Crippen LogP contribution in [0, 0.1) is 13.8 Å². The summed E-state index contributed by atoms with van der Waals surface area (Å²) < 4.78 is 5.96. The van der Waals surface area contributed by atoms with Crippen LogP contribution in [0.2, 0.25) is 0 Å². The van der Waals surface area contributed by atoms with Crippen molar-refractivity contribution in [2.24, 2.45) is 5.73 Å². The molecule has 29 heavy (non-hydrogen) atoms. The number of aromatic nitrogens is 3. The van der Waals surface area contributed by atoms with Crippen molar-refractivity contribution in [3.8, 4) is 11.1 Å². The van der Waals surface area contributed by atoms with Crippen molar-refractivity contribution in [2.45, 2.75) is 20.0 Å².